The van der Waals surface area contributed by atoms with E-state index in [1.54, 1.807) is 0 Å². The van der Waals surface area contributed by atoms with Crippen LogP contribution in [0.2, 0.25) is 0 Å². The Kier molecular flexibility index (Phi) is 3.75. The van der Waals surface area contributed by atoms with Gasteiger partial charge in [0.25, 0.3) is 0 Å². The van der Waals surface area contributed by atoms with Gasteiger partial charge in [-0.2, -0.15) is 0 Å². The predicted molar refractivity (Wildman–Crippen MR) is 88.4 cm³/mol. The highest BCUT2D eigenvalue weighted by atomic mass is 15.1. The number of hydrogen-bond acceptors (Lipinski definition) is 2. The van der Waals surface area contributed by atoms with Crippen LogP contribution in [0, 0.1) is 13.8 Å². The van der Waals surface area contributed by atoms with E-state index in [-0.39, 0.29) is 0 Å². The molecule has 3 nitrogen and oxygen atoms in total. The normalized spacial score (nSPS) is 15.8. The lowest BCUT2D eigenvalue weighted by Crippen LogP contribution is -2.08. The molecule has 0 spiro atoms. The van der Waals surface area contributed by atoms with Gasteiger partial charge in [0.15, 0.2) is 0 Å². The number of aryl methyl sites for hydroxylation is 2. The fraction of sp³-hybridized carbons (Fsp3) is 0.500. The number of nitrogen functional groups attached to an aromatic ring is 1. The van der Waals surface area contributed by atoms with Crippen LogP contribution in [0.5, 0.6) is 0 Å². The van der Waals surface area contributed by atoms with Crippen molar-refractivity contribution in [2.45, 2.75) is 58.9 Å². The van der Waals surface area contributed by atoms with Gasteiger partial charge < -0.3 is 10.3 Å². The summed E-state index contributed by atoms with van der Waals surface area (Å²) in [7, 11) is 0. The molecular formula is C18H25N3. The fourth-order valence-corrected chi connectivity index (χ4v) is 3.41. The summed E-state index contributed by atoms with van der Waals surface area (Å²) in [5, 5.41) is 0. The minimum atomic E-state index is 0.590. The number of anilines is 1. The van der Waals surface area contributed by atoms with Crippen molar-refractivity contribution in [1.82, 2.24) is 9.55 Å². The van der Waals surface area contributed by atoms with Gasteiger partial charge in [-0.15, -0.1) is 0 Å². The van der Waals surface area contributed by atoms with E-state index in [0.29, 0.717) is 5.92 Å². The fourth-order valence-electron chi connectivity index (χ4n) is 3.41. The Labute approximate surface area is 127 Å². The Hall–Kier alpha value is -1.77. The first kappa shape index (κ1) is 14.2. The van der Waals surface area contributed by atoms with Gasteiger partial charge in [-0.05, 0) is 50.8 Å². The van der Waals surface area contributed by atoms with Crippen LogP contribution in [0.1, 0.15) is 55.5 Å². The lowest BCUT2D eigenvalue weighted by atomic mass is 10.0. The molecular weight excluding hydrogens is 258 g/mol. The quantitative estimate of drug-likeness (QED) is 0.905. The van der Waals surface area contributed by atoms with Crippen LogP contribution in [0.3, 0.4) is 0 Å². The highest BCUT2D eigenvalue weighted by Gasteiger charge is 2.25. The summed E-state index contributed by atoms with van der Waals surface area (Å²) in [6.07, 6.45) is 5.14. The van der Waals surface area contributed by atoms with Gasteiger partial charge in [0.1, 0.15) is 17.3 Å². The second kappa shape index (κ2) is 5.55. The molecule has 2 N–H and O–H groups in total. The molecule has 0 saturated heterocycles. The van der Waals surface area contributed by atoms with Gasteiger partial charge in [-0.3, -0.25) is 0 Å². The maximum atomic E-state index is 6.40. The first-order valence-corrected chi connectivity index (χ1v) is 8.05. The zero-order chi connectivity index (χ0) is 15.0. The minimum absolute atomic E-state index is 0.590. The topological polar surface area (TPSA) is 43.8 Å². The Morgan fingerprint density at radius 3 is 2.52 bits per heavy atom. The van der Waals surface area contributed by atoms with Crippen LogP contribution in [0.4, 0.5) is 5.82 Å². The number of imidazole rings is 1. The van der Waals surface area contributed by atoms with Crippen molar-refractivity contribution >= 4 is 5.82 Å². The van der Waals surface area contributed by atoms with Gasteiger partial charge in [0.2, 0.25) is 0 Å². The Balaban J connectivity index is 2.08. The number of nitrogens with zero attached hydrogens (tertiary/aromatic N) is 2. The standard InChI is InChI=1S/C18H25N3/c1-4-21-17(19)16(15-10-9-12(2)13(3)11-15)20-18(21)14-7-5-6-8-14/h9-11,14H,4-8,19H2,1-3H3. The van der Waals surface area contributed by atoms with Crippen molar-refractivity contribution in [2.75, 3.05) is 5.73 Å². The molecule has 1 aromatic heterocycles. The first-order valence-electron chi connectivity index (χ1n) is 8.05. The van der Waals surface area contributed by atoms with Crippen molar-refractivity contribution < 1.29 is 0 Å². The molecule has 0 atom stereocenters. The molecule has 3 rings (SSSR count). The van der Waals surface area contributed by atoms with E-state index in [2.05, 4.69) is 43.5 Å². The summed E-state index contributed by atoms with van der Waals surface area (Å²) in [5.74, 6) is 2.61. The molecule has 1 heterocycles. The second-order valence-corrected chi connectivity index (χ2v) is 6.23. The van der Waals surface area contributed by atoms with E-state index in [9.17, 15) is 0 Å². The molecule has 0 aliphatic heterocycles. The van der Waals surface area contributed by atoms with Gasteiger partial charge in [0.05, 0.1) is 0 Å². The smallest absolute Gasteiger partial charge is 0.131 e. The molecule has 1 fully saturated rings. The lowest BCUT2D eigenvalue weighted by molar-refractivity contribution is 0.604. The van der Waals surface area contributed by atoms with Crippen molar-refractivity contribution in [3.05, 3.63) is 35.2 Å². The summed E-state index contributed by atoms with van der Waals surface area (Å²) in [6, 6.07) is 6.50. The Morgan fingerprint density at radius 1 is 1.19 bits per heavy atom. The molecule has 0 radical (unpaired) electrons. The summed E-state index contributed by atoms with van der Waals surface area (Å²) in [6.45, 7) is 7.33. The molecule has 0 bridgehead atoms. The van der Waals surface area contributed by atoms with Crippen LogP contribution >= 0.6 is 0 Å². The van der Waals surface area contributed by atoms with Crippen LogP contribution in [0.25, 0.3) is 11.3 Å². The van der Waals surface area contributed by atoms with E-state index >= 15 is 0 Å². The molecule has 0 unspecified atom stereocenters. The van der Waals surface area contributed by atoms with E-state index in [1.807, 2.05) is 0 Å². The van der Waals surface area contributed by atoms with Crippen molar-refractivity contribution in [1.29, 1.82) is 0 Å². The summed E-state index contributed by atoms with van der Waals surface area (Å²) < 4.78 is 2.21. The first-order chi connectivity index (χ1) is 10.1. The Bertz CT molecular complexity index is 649. The number of benzene rings is 1. The Morgan fingerprint density at radius 2 is 1.90 bits per heavy atom. The largest absolute Gasteiger partial charge is 0.383 e. The number of hydrogen-bond donors (Lipinski definition) is 1. The summed E-state index contributed by atoms with van der Waals surface area (Å²) >= 11 is 0. The third kappa shape index (κ3) is 2.45. The van der Waals surface area contributed by atoms with Gasteiger partial charge in [-0.25, -0.2) is 4.98 Å². The molecule has 112 valence electrons. The van der Waals surface area contributed by atoms with Crippen LogP contribution in [-0.4, -0.2) is 9.55 Å². The molecule has 1 aliphatic rings. The average molecular weight is 283 g/mol. The number of rotatable bonds is 3. The van der Waals surface area contributed by atoms with E-state index in [4.69, 9.17) is 10.7 Å². The maximum Gasteiger partial charge on any atom is 0.131 e. The van der Waals surface area contributed by atoms with Gasteiger partial charge in [0, 0.05) is 18.0 Å². The monoisotopic (exact) mass is 283 g/mol. The van der Waals surface area contributed by atoms with Crippen molar-refractivity contribution in [2.24, 2.45) is 0 Å². The van der Waals surface area contributed by atoms with E-state index in [0.717, 1.165) is 23.6 Å². The van der Waals surface area contributed by atoms with E-state index < -0.39 is 0 Å². The number of aromatic nitrogens is 2. The average Bonchev–Trinajstić information content (AvgIpc) is 3.09. The van der Waals surface area contributed by atoms with Crippen molar-refractivity contribution in [3.63, 3.8) is 0 Å². The summed E-state index contributed by atoms with van der Waals surface area (Å²) in [5.41, 5.74) is 11.1. The predicted octanol–water partition coefficient (Wildman–Crippen LogP) is 4.43. The molecule has 1 aliphatic carbocycles. The molecule has 1 saturated carbocycles. The molecule has 2 aromatic rings. The molecule has 21 heavy (non-hydrogen) atoms. The third-order valence-corrected chi connectivity index (χ3v) is 4.85. The number of nitrogens with two attached hydrogens (primary N) is 1. The highest BCUT2D eigenvalue weighted by Crippen LogP contribution is 2.37. The van der Waals surface area contributed by atoms with Crippen LogP contribution in [0.15, 0.2) is 18.2 Å². The van der Waals surface area contributed by atoms with Crippen molar-refractivity contribution in [3.8, 4) is 11.3 Å². The van der Waals surface area contributed by atoms with Crippen LogP contribution < -0.4 is 5.73 Å². The molecule has 0 amide bonds. The third-order valence-electron chi connectivity index (χ3n) is 4.85. The minimum Gasteiger partial charge on any atom is -0.383 e. The maximum absolute atomic E-state index is 6.40. The van der Waals surface area contributed by atoms with Gasteiger partial charge in [-0.1, -0.05) is 25.0 Å². The zero-order valence-electron chi connectivity index (χ0n) is 13.3. The summed E-state index contributed by atoms with van der Waals surface area (Å²) in [4.78, 5) is 4.94. The second-order valence-electron chi connectivity index (χ2n) is 6.23. The molecule has 3 heteroatoms. The SMILES string of the molecule is CCn1c(C2CCCC2)nc(-c2ccc(C)c(C)c2)c1N. The zero-order valence-corrected chi connectivity index (χ0v) is 13.3. The lowest BCUT2D eigenvalue weighted by Gasteiger charge is -2.11. The van der Waals surface area contributed by atoms with Gasteiger partial charge >= 0.3 is 0 Å². The highest BCUT2D eigenvalue weighted by molar-refractivity contribution is 5.72. The van der Waals surface area contributed by atoms with Crippen LogP contribution in [-0.2, 0) is 6.54 Å². The van der Waals surface area contributed by atoms with E-state index in [1.165, 1.54) is 42.6 Å². The molecule has 1 aromatic carbocycles.